The highest BCUT2D eigenvalue weighted by atomic mass is 19.1. The minimum Gasteiger partial charge on any atom is -0.289 e. The molecule has 0 N–H and O–H groups in total. The highest BCUT2D eigenvalue weighted by molar-refractivity contribution is 6.06. The van der Waals surface area contributed by atoms with Crippen LogP contribution in [0, 0.1) is 12.7 Å². The van der Waals surface area contributed by atoms with Crippen LogP contribution in [0.5, 0.6) is 0 Å². The molecule has 0 atom stereocenters. The summed E-state index contributed by atoms with van der Waals surface area (Å²) in [5.41, 5.74) is 2.45. The monoisotopic (exact) mass is 240 g/mol. The third kappa shape index (κ3) is 2.92. The predicted molar refractivity (Wildman–Crippen MR) is 70.9 cm³/mol. The molecule has 18 heavy (non-hydrogen) atoms. The zero-order valence-electron chi connectivity index (χ0n) is 10.1. The van der Waals surface area contributed by atoms with Crippen molar-refractivity contribution >= 4 is 11.9 Å². The van der Waals surface area contributed by atoms with Crippen LogP contribution in [0.4, 0.5) is 4.39 Å². The molecule has 0 aliphatic carbocycles. The third-order valence-electron chi connectivity index (χ3n) is 2.71. The van der Waals surface area contributed by atoms with E-state index in [1.54, 1.807) is 12.1 Å². The van der Waals surface area contributed by atoms with Crippen molar-refractivity contribution in [1.82, 2.24) is 0 Å². The van der Waals surface area contributed by atoms with Crippen LogP contribution < -0.4 is 0 Å². The van der Waals surface area contributed by atoms with Gasteiger partial charge in [-0.3, -0.25) is 4.79 Å². The molecular formula is C16H13FO. The average molecular weight is 240 g/mol. The molecule has 0 aliphatic heterocycles. The van der Waals surface area contributed by atoms with E-state index in [1.165, 1.54) is 24.3 Å². The maximum absolute atomic E-state index is 13.0. The van der Waals surface area contributed by atoms with E-state index < -0.39 is 5.82 Å². The van der Waals surface area contributed by atoms with Gasteiger partial charge in [-0.25, -0.2) is 4.39 Å². The number of carbonyl (C=O) groups excluding carboxylic acids is 1. The van der Waals surface area contributed by atoms with Gasteiger partial charge in [0, 0.05) is 5.56 Å². The van der Waals surface area contributed by atoms with Crippen LogP contribution >= 0.6 is 0 Å². The van der Waals surface area contributed by atoms with Gasteiger partial charge in [0.15, 0.2) is 5.78 Å². The summed E-state index contributed by atoms with van der Waals surface area (Å²) in [4.78, 5) is 11.8. The number of halogens is 1. The Morgan fingerprint density at radius 2 is 1.89 bits per heavy atom. The normalized spacial score (nSPS) is 10.8. The van der Waals surface area contributed by atoms with Gasteiger partial charge >= 0.3 is 0 Å². The molecule has 0 fully saturated rings. The molecule has 2 heteroatoms. The highest BCUT2D eigenvalue weighted by Crippen LogP contribution is 2.11. The molecule has 0 spiro atoms. The van der Waals surface area contributed by atoms with Crippen LogP contribution in [0.25, 0.3) is 6.08 Å². The van der Waals surface area contributed by atoms with E-state index in [4.69, 9.17) is 0 Å². The van der Waals surface area contributed by atoms with E-state index in [0.717, 1.165) is 11.1 Å². The fourth-order valence-electron chi connectivity index (χ4n) is 1.68. The fourth-order valence-corrected chi connectivity index (χ4v) is 1.68. The number of ketones is 1. The Morgan fingerprint density at radius 3 is 2.61 bits per heavy atom. The fraction of sp³-hybridized carbons (Fsp3) is 0.0625. The van der Waals surface area contributed by atoms with Crippen LogP contribution in [0.2, 0.25) is 0 Å². The Kier molecular flexibility index (Phi) is 3.68. The molecule has 0 saturated heterocycles. The number of rotatable bonds is 3. The maximum atomic E-state index is 13.0. The summed E-state index contributed by atoms with van der Waals surface area (Å²) >= 11 is 0. The number of allylic oxidation sites excluding steroid dienone is 1. The largest absolute Gasteiger partial charge is 0.289 e. The first kappa shape index (κ1) is 12.2. The first-order valence-electron chi connectivity index (χ1n) is 5.70. The van der Waals surface area contributed by atoms with Crippen LogP contribution in [0.3, 0.4) is 0 Å². The van der Waals surface area contributed by atoms with Gasteiger partial charge in [0.25, 0.3) is 0 Å². The third-order valence-corrected chi connectivity index (χ3v) is 2.71. The standard InChI is InChI=1S/C16H13FO/c1-12-5-2-3-6-13(12)9-10-16(18)14-7-4-8-15(17)11-14/h2-11H,1H3/b10-9+. The molecular weight excluding hydrogens is 227 g/mol. The van der Waals surface area contributed by atoms with Crippen LogP contribution in [-0.2, 0) is 0 Å². The van der Waals surface area contributed by atoms with Crippen molar-refractivity contribution in [1.29, 1.82) is 0 Å². The van der Waals surface area contributed by atoms with Gasteiger partial charge < -0.3 is 0 Å². The number of hydrogen-bond donors (Lipinski definition) is 0. The first-order chi connectivity index (χ1) is 8.66. The lowest BCUT2D eigenvalue weighted by Gasteiger charge is -1.99. The van der Waals surface area contributed by atoms with Crippen molar-refractivity contribution in [3.8, 4) is 0 Å². The number of hydrogen-bond acceptors (Lipinski definition) is 1. The van der Waals surface area contributed by atoms with Crippen LogP contribution in [0.1, 0.15) is 21.5 Å². The molecule has 2 aromatic carbocycles. The van der Waals surface area contributed by atoms with Gasteiger partial charge in [-0.1, -0.05) is 42.5 Å². The molecule has 90 valence electrons. The Labute approximate surface area is 106 Å². The summed E-state index contributed by atoms with van der Waals surface area (Å²) in [5.74, 6) is -0.595. The minimum absolute atomic E-state index is 0.197. The number of aryl methyl sites for hydroxylation is 1. The second-order valence-electron chi connectivity index (χ2n) is 4.06. The number of carbonyl (C=O) groups is 1. The summed E-state index contributed by atoms with van der Waals surface area (Å²) in [6.45, 7) is 1.98. The van der Waals surface area contributed by atoms with Gasteiger partial charge in [-0.2, -0.15) is 0 Å². The molecule has 2 rings (SSSR count). The molecule has 0 saturated carbocycles. The molecule has 0 aliphatic rings. The van der Waals surface area contributed by atoms with Crippen molar-refractivity contribution < 1.29 is 9.18 Å². The van der Waals surface area contributed by atoms with Gasteiger partial charge in [-0.05, 0) is 36.3 Å². The summed E-state index contributed by atoms with van der Waals surface area (Å²) in [7, 11) is 0. The lowest BCUT2D eigenvalue weighted by atomic mass is 10.1. The molecule has 0 radical (unpaired) electrons. The lowest BCUT2D eigenvalue weighted by Crippen LogP contribution is -1.94. The Morgan fingerprint density at radius 1 is 1.11 bits per heavy atom. The zero-order valence-corrected chi connectivity index (χ0v) is 10.1. The van der Waals surface area contributed by atoms with Gasteiger partial charge in [0.1, 0.15) is 5.82 Å². The Balaban J connectivity index is 2.20. The van der Waals surface area contributed by atoms with E-state index in [9.17, 15) is 9.18 Å². The van der Waals surface area contributed by atoms with E-state index in [2.05, 4.69) is 0 Å². The summed E-state index contributed by atoms with van der Waals surface area (Å²) in [6.07, 6.45) is 3.22. The van der Waals surface area contributed by atoms with E-state index in [0.29, 0.717) is 5.56 Å². The molecule has 0 amide bonds. The molecule has 0 bridgehead atoms. The summed E-state index contributed by atoms with van der Waals surface area (Å²) in [5, 5.41) is 0. The topological polar surface area (TPSA) is 17.1 Å². The summed E-state index contributed by atoms with van der Waals surface area (Å²) < 4.78 is 13.0. The smallest absolute Gasteiger partial charge is 0.185 e. The number of benzene rings is 2. The molecule has 0 heterocycles. The van der Waals surface area contributed by atoms with Crippen molar-refractivity contribution in [3.63, 3.8) is 0 Å². The van der Waals surface area contributed by atoms with Gasteiger partial charge in [-0.15, -0.1) is 0 Å². The van der Waals surface area contributed by atoms with Crippen molar-refractivity contribution in [3.05, 3.63) is 77.1 Å². The van der Waals surface area contributed by atoms with Crippen molar-refractivity contribution in [2.45, 2.75) is 6.92 Å². The second-order valence-corrected chi connectivity index (χ2v) is 4.06. The Hall–Kier alpha value is -2.22. The predicted octanol–water partition coefficient (Wildman–Crippen LogP) is 4.03. The quantitative estimate of drug-likeness (QED) is 0.584. The van der Waals surface area contributed by atoms with Crippen molar-refractivity contribution in [2.75, 3.05) is 0 Å². The van der Waals surface area contributed by atoms with Crippen LogP contribution in [0.15, 0.2) is 54.6 Å². The Bertz CT molecular complexity index is 600. The van der Waals surface area contributed by atoms with E-state index in [1.807, 2.05) is 31.2 Å². The molecule has 0 unspecified atom stereocenters. The SMILES string of the molecule is Cc1ccccc1/C=C/C(=O)c1cccc(F)c1. The lowest BCUT2D eigenvalue weighted by molar-refractivity contribution is 0.104. The van der Waals surface area contributed by atoms with Gasteiger partial charge in [0.05, 0.1) is 0 Å². The van der Waals surface area contributed by atoms with E-state index >= 15 is 0 Å². The van der Waals surface area contributed by atoms with E-state index in [-0.39, 0.29) is 5.78 Å². The molecule has 2 aromatic rings. The van der Waals surface area contributed by atoms with Crippen molar-refractivity contribution in [2.24, 2.45) is 0 Å². The molecule has 1 nitrogen and oxygen atoms in total. The zero-order chi connectivity index (χ0) is 13.0. The molecule has 0 aromatic heterocycles. The summed E-state index contributed by atoms with van der Waals surface area (Å²) in [6, 6.07) is 13.5. The first-order valence-corrected chi connectivity index (χ1v) is 5.70. The van der Waals surface area contributed by atoms with Crippen LogP contribution in [-0.4, -0.2) is 5.78 Å². The minimum atomic E-state index is -0.398. The highest BCUT2D eigenvalue weighted by Gasteiger charge is 2.02. The second kappa shape index (κ2) is 5.41. The average Bonchev–Trinajstić information content (AvgIpc) is 2.37. The van der Waals surface area contributed by atoms with Gasteiger partial charge in [0.2, 0.25) is 0 Å². The maximum Gasteiger partial charge on any atom is 0.185 e.